The van der Waals surface area contributed by atoms with Gasteiger partial charge in [0.2, 0.25) is 11.7 Å². The van der Waals surface area contributed by atoms with E-state index < -0.39 is 0 Å². The molecule has 0 amide bonds. The molecule has 0 atom stereocenters. The standard InChI is InChI=1S/C18H15BrN2O3/c19-15-8-6-13(7-9-15)12-23-17(22)11-10-16-20-18(21-24-16)14-4-2-1-3-5-14/h1-9H,10-12H2. The Morgan fingerprint density at radius 3 is 2.58 bits per heavy atom. The van der Waals surface area contributed by atoms with E-state index in [2.05, 4.69) is 26.1 Å². The van der Waals surface area contributed by atoms with Crippen LogP contribution in [0.15, 0.2) is 63.6 Å². The minimum Gasteiger partial charge on any atom is -0.461 e. The summed E-state index contributed by atoms with van der Waals surface area (Å²) < 4.78 is 11.4. The number of benzene rings is 2. The lowest BCUT2D eigenvalue weighted by atomic mass is 10.2. The molecule has 0 bridgehead atoms. The molecule has 0 N–H and O–H groups in total. The molecule has 3 aromatic rings. The number of hydrogen-bond donors (Lipinski definition) is 0. The summed E-state index contributed by atoms with van der Waals surface area (Å²) >= 11 is 3.36. The molecule has 0 spiro atoms. The number of esters is 1. The molecule has 1 aromatic heterocycles. The van der Waals surface area contributed by atoms with E-state index in [0.29, 0.717) is 18.1 Å². The van der Waals surface area contributed by atoms with E-state index >= 15 is 0 Å². The predicted molar refractivity (Wildman–Crippen MR) is 92.0 cm³/mol. The van der Waals surface area contributed by atoms with Crippen LogP contribution in [0.3, 0.4) is 0 Å². The lowest BCUT2D eigenvalue weighted by Gasteiger charge is -2.04. The quantitative estimate of drug-likeness (QED) is 0.594. The van der Waals surface area contributed by atoms with Crippen molar-refractivity contribution in [1.82, 2.24) is 10.1 Å². The number of hydrogen-bond acceptors (Lipinski definition) is 5. The Balaban J connectivity index is 1.48. The van der Waals surface area contributed by atoms with E-state index in [1.807, 2.05) is 54.6 Å². The van der Waals surface area contributed by atoms with E-state index in [4.69, 9.17) is 9.26 Å². The van der Waals surface area contributed by atoms with Gasteiger partial charge in [-0.05, 0) is 17.7 Å². The molecular weight excluding hydrogens is 372 g/mol. The molecule has 0 radical (unpaired) electrons. The van der Waals surface area contributed by atoms with Crippen LogP contribution in [-0.4, -0.2) is 16.1 Å². The van der Waals surface area contributed by atoms with Crippen LogP contribution in [0.1, 0.15) is 17.9 Å². The molecule has 0 aliphatic carbocycles. The lowest BCUT2D eigenvalue weighted by molar-refractivity contribution is -0.145. The first-order chi connectivity index (χ1) is 11.7. The molecule has 0 unspecified atom stereocenters. The highest BCUT2D eigenvalue weighted by atomic mass is 79.9. The van der Waals surface area contributed by atoms with Crippen molar-refractivity contribution in [2.75, 3.05) is 0 Å². The Hall–Kier alpha value is -2.47. The molecule has 122 valence electrons. The number of aryl methyl sites for hydroxylation is 1. The highest BCUT2D eigenvalue weighted by molar-refractivity contribution is 9.10. The number of carbonyl (C=O) groups excluding carboxylic acids is 1. The number of carbonyl (C=O) groups is 1. The van der Waals surface area contributed by atoms with Gasteiger partial charge in [-0.25, -0.2) is 0 Å². The van der Waals surface area contributed by atoms with Crippen LogP contribution < -0.4 is 0 Å². The van der Waals surface area contributed by atoms with Crippen LogP contribution in [0.4, 0.5) is 0 Å². The summed E-state index contributed by atoms with van der Waals surface area (Å²) in [7, 11) is 0. The molecular formula is C18H15BrN2O3. The van der Waals surface area contributed by atoms with Crippen LogP contribution in [0, 0.1) is 0 Å². The minimum atomic E-state index is -0.294. The first-order valence-electron chi connectivity index (χ1n) is 7.49. The second-order valence-corrected chi connectivity index (χ2v) is 6.08. The average Bonchev–Trinajstić information content (AvgIpc) is 3.09. The predicted octanol–water partition coefficient (Wildman–Crippen LogP) is 4.18. The van der Waals surface area contributed by atoms with Gasteiger partial charge in [-0.2, -0.15) is 4.98 Å². The van der Waals surface area contributed by atoms with Crippen LogP contribution in [0.25, 0.3) is 11.4 Å². The van der Waals surface area contributed by atoms with Crippen molar-refractivity contribution in [3.8, 4) is 11.4 Å². The summed E-state index contributed by atoms with van der Waals surface area (Å²) in [5.74, 6) is 0.653. The number of halogens is 1. The van der Waals surface area contributed by atoms with Crippen molar-refractivity contribution in [2.24, 2.45) is 0 Å². The van der Waals surface area contributed by atoms with E-state index in [1.54, 1.807) is 0 Å². The van der Waals surface area contributed by atoms with Gasteiger partial charge < -0.3 is 9.26 Å². The molecule has 5 nitrogen and oxygen atoms in total. The number of nitrogens with zero attached hydrogens (tertiary/aromatic N) is 2. The average molecular weight is 387 g/mol. The molecule has 0 aliphatic rings. The molecule has 2 aromatic carbocycles. The maximum Gasteiger partial charge on any atom is 0.306 e. The van der Waals surface area contributed by atoms with Gasteiger partial charge in [-0.15, -0.1) is 0 Å². The van der Waals surface area contributed by atoms with Crippen molar-refractivity contribution in [1.29, 1.82) is 0 Å². The Morgan fingerprint density at radius 1 is 1.08 bits per heavy atom. The summed E-state index contributed by atoms with van der Waals surface area (Å²) in [6.07, 6.45) is 0.561. The molecule has 1 heterocycles. The van der Waals surface area contributed by atoms with Crippen LogP contribution in [0.2, 0.25) is 0 Å². The molecule has 24 heavy (non-hydrogen) atoms. The van der Waals surface area contributed by atoms with E-state index in [1.165, 1.54) is 0 Å². The largest absolute Gasteiger partial charge is 0.461 e. The Labute approximate surface area is 147 Å². The van der Waals surface area contributed by atoms with Gasteiger partial charge in [0.1, 0.15) is 6.61 Å². The van der Waals surface area contributed by atoms with E-state index in [-0.39, 0.29) is 19.0 Å². The summed E-state index contributed by atoms with van der Waals surface area (Å²) in [4.78, 5) is 16.1. The fraction of sp³-hybridized carbons (Fsp3) is 0.167. The maximum atomic E-state index is 11.8. The van der Waals surface area contributed by atoms with E-state index in [9.17, 15) is 4.79 Å². The summed E-state index contributed by atoms with van der Waals surface area (Å²) in [5.41, 5.74) is 1.82. The molecule has 0 saturated carbocycles. The van der Waals surface area contributed by atoms with Gasteiger partial charge in [0, 0.05) is 16.5 Å². The van der Waals surface area contributed by atoms with Crippen LogP contribution in [-0.2, 0) is 22.6 Å². The van der Waals surface area contributed by atoms with Gasteiger partial charge in [-0.1, -0.05) is 63.6 Å². The van der Waals surface area contributed by atoms with Crippen molar-refractivity contribution < 1.29 is 14.1 Å². The topological polar surface area (TPSA) is 65.2 Å². The number of ether oxygens (including phenoxy) is 1. The van der Waals surface area contributed by atoms with Crippen molar-refractivity contribution >= 4 is 21.9 Å². The van der Waals surface area contributed by atoms with Crippen molar-refractivity contribution in [2.45, 2.75) is 19.4 Å². The molecule has 6 heteroatoms. The van der Waals surface area contributed by atoms with Gasteiger partial charge in [0.15, 0.2) is 0 Å². The van der Waals surface area contributed by atoms with Gasteiger partial charge in [0.25, 0.3) is 0 Å². The number of rotatable bonds is 6. The third-order valence-electron chi connectivity index (χ3n) is 3.36. The first kappa shape index (κ1) is 16.4. The van der Waals surface area contributed by atoms with Crippen LogP contribution in [0.5, 0.6) is 0 Å². The second-order valence-electron chi connectivity index (χ2n) is 5.16. The Morgan fingerprint density at radius 2 is 1.83 bits per heavy atom. The highest BCUT2D eigenvalue weighted by Crippen LogP contribution is 2.16. The van der Waals surface area contributed by atoms with Crippen LogP contribution >= 0.6 is 15.9 Å². The Bertz CT molecular complexity index is 801. The monoisotopic (exact) mass is 386 g/mol. The molecule has 0 fully saturated rings. The third kappa shape index (κ3) is 4.52. The minimum absolute atomic E-state index is 0.201. The van der Waals surface area contributed by atoms with E-state index in [0.717, 1.165) is 15.6 Å². The van der Waals surface area contributed by atoms with Crippen molar-refractivity contribution in [3.63, 3.8) is 0 Å². The first-order valence-corrected chi connectivity index (χ1v) is 8.28. The fourth-order valence-electron chi connectivity index (χ4n) is 2.09. The summed E-state index contributed by atoms with van der Waals surface area (Å²) in [6, 6.07) is 17.2. The van der Waals surface area contributed by atoms with Gasteiger partial charge in [-0.3, -0.25) is 4.79 Å². The normalized spacial score (nSPS) is 10.5. The van der Waals surface area contributed by atoms with Gasteiger partial charge >= 0.3 is 5.97 Å². The third-order valence-corrected chi connectivity index (χ3v) is 3.88. The zero-order chi connectivity index (χ0) is 16.8. The van der Waals surface area contributed by atoms with Gasteiger partial charge in [0.05, 0.1) is 6.42 Å². The zero-order valence-corrected chi connectivity index (χ0v) is 14.4. The maximum absolute atomic E-state index is 11.8. The number of aromatic nitrogens is 2. The SMILES string of the molecule is O=C(CCc1nc(-c2ccccc2)no1)OCc1ccc(Br)cc1. The van der Waals surface area contributed by atoms with Crippen molar-refractivity contribution in [3.05, 3.63) is 70.5 Å². The molecule has 0 aliphatic heterocycles. The summed E-state index contributed by atoms with van der Waals surface area (Å²) in [6.45, 7) is 0.255. The smallest absolute Gasteiger partial charge is 0.306 e. The lowest BCUT2D eigenvalue weighted by Crippen LogP contribution is -2.06. The Kier molecular flexibility index (Phi) is 5.38. The second kappa shape index (κ2) is 7.88. The molecule has 0 saturated heterocycles. The fourth-order valence-corrected chi connectivity index (χ4v) is 2.35. The summed E-state index contributed by atoms with van der Waals surface area (Å²) in [5, 5.41) is 3.92. The molecule has 3 rings (SSSR count). The highest BCUT2D eigenvalue weighted by Gasteiger charge is 2.11. The zero-order valence-electron chi connectivity index (χ0n) is 12.8.